The van der Waals surface area contributed by atoms with Crippen molar-refractivity contribution in [2.75, 3.05) is 45.3 Å². The fourth-order valence-corrected chi connectivity index (χ4v) is 4.72. The molecule has 0 bridgehead atoms. The summed E-state index contributed by atoms with van der Waals surface area (Å²) in [6, 6.07) is 10.8. The van der Waals surface area contributed by atoms with Crippen LogP contribution in [0.4, 0.5) is 10.2 Å². The monoisotopic (exact) mass is 555 g/mol. The molecule has 5 rings (SSSR count). The number of halogens is 1. The summed E-state index contributed by atoms with van der Waals surface area (Å²) in [6.45, 7) is 8.87. The van der Waals surface area contributed by atoms with Crippen LogP contribution in [-0.4, -0.2) is 61.1 Å². The number of alkyl halides is 1. The Kier molecular flexibility index (Phi) is 19.8. The first-order valence-electron chi connectivity index (χ1n) is 13.9. The number of likely N-dealkylation sites (tertiary alicyclic amines) is 1. The summed E-state index contributed by atoms with van der Waals surface area (Å²) in [6.07, 6.45) is 9.63. The molecule has 0 aliphatic carbocycles. The number of nitrogens with zero attached hydrogens (tertiary/aromatic N) is 2. The van der Waals surface area contributed by atoms with Gasteiger partial charge in [0.2, 0.25) is 0 Å². The number of pyridine rings is 1. The minimum Gasteiger partial charge on any atom is -0.857 e. The zero-order valence-electron chi connectivity index (χ0n) is 24.1. The molecule has 0 amide bonds. The van der Waals surface area contributed by atoms with E-state index in [2.05, 4.69) is 45.5 Å². The number of benzene rings is 1. The molecule has 0 saturated carbocycles. The molecule has 1 fully saturated rings. The largest absolute Gasteiger partial charge is 1.00 e. The number of aliphatic hydroxyl groups excluding tert-OH is 1. The van der Waals surface area contributed by atoms with Crippen molar-refractivity contribution in [3.63, 3.8) is 0 Å². The van der Waals surface area contributed by atoms with E-state index < -0.39 is 6.17 Å². The van der Waals surface area contributed by atoms with E-state index in [-0.39, 0.29) is 58.0 Å². The molecule has 0 atom stereocenters. The zero-order valence-corrected chi connectivity index (χ0v) is 27.2. The van der Waals surface area contributed by atoms with Crippen LogP contribution in [-0.2, 0) is 25.8 Å². The molecule has 1 aromatic heterocycles. The van der Waals surface area contributed by atoms with E-state index in [9.17, 15) is 4.39 Å². The number of hydrogen-bond acceptors (Lipinski definition) is 6. The first-order chi connectivity index (χ1) is 18.1. The van der Waals surface area contributed by atoms with Crippen molar-refractivity contribution in [2.45, 2.75) is 84.4 Å². The van der Waals surface area contributed by atoms with Gasteiger partial charge in [0.05, 0.1) is 12.8 Å². The molecular formula is C30H47FKN3O3. The van der Waals surface area contributed by atoms with Gasteiger partial charge in [-0.25, -0.2) is 9.37 Å². The summed E-state index contributed by atoms with van der Waals surface area (Å²) >= 11 is 0. The van der Waals surface area contributed by atoms with E-state index in [1.165, 1.54) is 75.7 Å². The van der Waals surface area contributed by atoms with Crippen LogP contribution in [0.2, 0.25) is 0 Å². The first-order valence-corrected chi connectivity index (χ1v) is 13.9. The van der Waals surface area contributed by atoms with Crippen molar-refractivity contribution in [1.29, 1.82) is 0 Å². The third-order valence-corrected chi connectivity index (χ3v) is 6.44. The van der Waals surface area contributed by atoms with Crippen LogP contribution in [0.25, 0.3) is 0 Å². The van der Waals surface area contributed by atoms with Gasteiger partial charge in [0.15, 0.2) is 0 Å². The Hall–Kier alpha value is -0.584. The predicted molar refractivity (Wildman–Crippen MR) is 148 cm³/mol. The number of unbranched alkanes of at least 4 members (excludes halogenated alkanes) is 1. The van der Waals surface area contributed by atoms with Gasteiger partial charge >= 0.3 is 51.4 Å². The van der Waals surface area contributed by atoms with Crippen LogP contribution < -0.4 is 66.5 Å². The Morgan fingerprint density at radius 1 is 1.05 bits per heavy atom. The van der Waals surface area contributed by atoms with Gasteiger partial charge in [-0.15, -0.1) is 0 Å². The van der Waals surface area contributed by atoms with E-state index in [0.29, 0.717) is 0 Å². The average molecular weight is 556 g/mol. The predicted octanol–water partition coefficient (Wildman–Crippen LogP) is 1.71. The van der Waals surface area contributed by atoms with E-state index in [1.807, 2.05) is 0 Å². The van der Waals surface area contributed by atoms with Crippen LogP contribution >= 0.6 is 0 Å². The quantitative estimate of drug-likeness (QED) is 0.417. The number of nitrogens with one attached hydrogen (secondary N) is 1. The van der Waals surface area contributed by atoms with Crippen molar-refractivity contribution in [1.82, 2.24) is 9.88 Å². The molecule has 4 heterocycles. The maximum absolute atomic E-state index is 11.0. The standard InChI is InChI=1S/C14H19NO.C12H18N2O.C3H7F.CH3O.K/c1-2-9-15(8-1)11-12-5-3-7-14-13(12)6-4-10-16-14;15-9-2-1-5-11-7-6-10-4-3-8-13-12(10)14-11;1-3(2)4;1-2;/h3,5,7H,1-2,4,6,8-11H2;6-7,15H,1-5,8-9H2,(H,13,14);3H,1-2H3;1H3;/q;;;-1;+1. The van der Waals surface area contributed by atoms with Crippen molar-refractivity contribution >= 4 is 5.82 Å². The van der Waals surface area contributed by atoms with Gasteiger partial charge in [-0.1, -0.05) is 18.2 Å². The third kappa shape index (κ3) is 13.2. The number of anilines is 1. The molecule has 208 valence electrons. The van der Waals surface area contributed by atoms with Crippen molar-refractivity contribution in [3.8, 4) is 5.75 Å². The van der Waals surface area contributed by atoms with Gasteiger partial charge in [-0.05, 0) is 114 Å². The third-order valence-electron chi connectivity index (χ3n) is 6.44. The van der Waals surface area contributed by atoms with Gasteiger partial charge in [0.1, 0.15) is 11.6 Å². The van der Waals surface area contributed by atoms with Crippen LogP contribution in [0.3, 0.4) is 0 Å². The van der Waals surface area contributed by atoms with E-state index >= 15 is 0 Å². The molecule has 2 aromatic rings. The van der Waals surface area contributed by atoms with Crippen LogP contribution in [0, 0.1) is 0 Å². The molecule has 6 nitrogen and oxygen atoms in total. The summed E-state index contributed by atoms with van der Waals surface area (Å²) in [4.78, 5) is 7.15. The van der Waals surface area contributed by atoms with E-state index in [4.69, 9.17) is 14.9 Å². The van der Waals surface area contributed by atoms with Crippen molar-refractivity contribution in [3.05, 3.63) is 52.7 Å². The number of aromatic nitrogens is 1. The molecule has 3 aliphatic rings. The second kappa shape index (κ2) is 21.2. The fourth-order valence-electron chi connectivity index (χ4n) is 4.72. The second-order valence-electron chi connectivity index (χ2n) is 9.86. The molecular weight excluding hydrogens is 508 g/mol. The average Bonchev–Trinajstić information content (AvgIpc) is 3.43. The summed E-state index contributed by atoms with van der Waals surface area (Å²) in [5.74, 6) is 2.20. The van der Waals surface area contributed by atoms with Crippen LogP contribution in [0.5, 0.6) is 5.75 Å². The van der Waals surface area contributed by atoms with Gasteiger partial charge in [-0.3, -0.25) is 4.90 Å². The summed E-state index contributed by atoms with van der Waals surface area (Å²) in [7, 11) is 0.750. The summed E-state index contributed by atoms with van der Waals surface area (Å²) in [5, 5.41) is 20.3. The van der Waals surface area contributed by atoms with Gasteiger partial charge in [0, 0.05) is 25.4 Å². The fraction of sp³-hybridized carbons (Fsp3) is 0.633. The Morgan fingerprint density at radius 3 is 2.50 bits per heavy atom. The Labute approximate surface area is 272 Å². The first kappa shape index (κ1) is 35.4. The molecule has 1 aromatic carbocycles. The van der Waals surface area contributed by atoms with E-state index in [0.717, 1.165) is 69.8 Å². The molecule has 38 heavy (non-hydrogen) atoms. The Balaban J connectivity index is 0.000000310. The molecule has 2 N–H and O–H groups in total. The zero-order chi connectivity index (χ0) is 26.9. The minimum atomic E-state index is -0.667. The molecule has 8 heteroatoms. The van der Waals surface area contributed by atoms with Gasteiger partial charge in [0.25, 0.3) is 0 Å². The van der Waals surface area contributed by atoms with Crippen molar-refractivity contribution in [2.24, 2.45) is 0 Å². The Morgan fingerprint density at radius 2 is 1.79 bits per heavy atom. The number of aryl methyl sites for hydroxylation is 2. The second-order valence-corrected chi connectivity index (χ2v) is 9.86. The number of fused-ring (bicyclic) bond motifs is 2. The molecule has 0 radical (unpaired) electrons. The Bertz CT molecular complexity index is 892. The van der Waals surface area contributed by atoms with Crippen LogP contribution in [0.1, 0.15) is 74.8 Å². The summed E-state index contributed by atoms with van der Waals surface area (Å²) in [5.41, 5.74) is 5.42. The summed E-state index contributed by atoms with van der Waals surface area (Å²) < 4.78 is 16.7. The number of ether oxygens (including phenoxy) is 1. The van der Waals surface area contributed by atoms with E-state index in [1.54, 1.807) is 0 Å². The van der Waals surface area contributed by atoms with Crippen LogP contribution in [0.15, 0.2) is 30.3 Å². The van der Waals surface area contributed by atoms with Gasteiger partial charge < -0.3 is 20.3 Å². The number of rotatable bonds is 6. The minimum absolute atomic E-state index is 0. The molecule has 3 aliphatic heterocycles. The molecule has 0 unspecified atom stereocenters. The maximum atomic E-state index is 11.0. The van der Waals surface area contributed by atoms with Crippen molar-refractivity contribution < 1.29 is 70.7 Å². The molecule has 1 saturated heterocycles. The topological polar surface area (TPSA) is 80.7 Å². The van der Waals surface area contributed by atoms with Gasteiger partial charge in [-0.2, -0.15) is 7.11 Å². The molecule has 0 spiro atoms. The smallest absolute Gasteiger partial charge is 0.857 e. The SMILES string of the molecule is CC(C)F.C[O-].OCCCCc1ccc2c(n1)NCCC2.[K+].c1cc(CN2CCCC2)c2c(c1)OCCC2. The number of hydrogen-bond donors (Lipinski definition) is 2. The normalized spacial score (nSPS) is 15.4. The number of aliphatic hydroxyl groups is 1. The maximum Gasteiger partial charge on any atom is 1.00 e.